The van der Waals surface area contributed by atoms with Gasteiger partial charge in [0.05, 0.1) is 6.61 Å². The normalized spacial score (nSPS) is 24.1. The van der Waals surface area contributed by atoms with Crippen LogP contribution in [0.4, 0.5) is 0 Å². The minimum absolute atomic E-state index is 0.534. The molecule has 2 rings (SSSR count). The molecule has 18 heavy (non-hydrogen) atoms. The third-order valence-electron chi connectivity index (χ3n) is 3.33. The van der Waals surface area contributed by atoms with E-state index in [1.165, 1.54) is 16.9 Å². The second-order valence-electron chi connectivity index (χ2n) is 4.85. The Morgan fingerprint density at radius 3 is 3.00 bits per heavy atom. The van der Waals surface area contributed by atoms with Gasteiger partial charge in [-0.25, -0.2) is 0 Å². The van der Waals surface area contributed by atoms with Gasteiger partial charge in [0.1, 0.15) is 0 Å². The van der Waals surface area contributed by atoms with Gasteiger partial charge in [0.25, 0.3) is 0 Å². The zero-order valence-corrected chi connectivity index (χ0v) is 12.1. The number of hydrogen-bond donors (Lipinski definition) is 1. The first-order chi connectivity index (χ1) is 8.81. The largest absolute Gasteiger partial charge is 0.380 e. The van der Waals surface area contributed by atoms with Gasteiger partial charge in [-0.1, -0.05) is 25.1 Å². The molecule has 0 aliphatic carbocycles. The van der Waals surface area contributed by atoms with Gasteiger partial charge in [-0.15, -0.1) is 11.8 Å². The van der Waals surface area contributed by atoms with E-state index in [0.29, 0.717) is 11.3 Å². The van der Waals surface area contributed by atoms with E-state index in [1.807, 2.05) is 11.8 Å². The quantitative estimate of drug-likeness (QED) is 0.883. The second kappa shape index (κ2) is 7.17. The van der Waals surface area contributed by atoms with E-state index in [0.717, 1.165) is 26.2 Å². The van der Waals surface area contributed by atoms with Crippen molar-refractivity contribution in [1.82, 2.24) is 5.32 Å². The summed E-state index contributed by atoms with van der Waals surface area (Å²) in [7, 11) is 0. The lowest BCUT2D eigenvalue weighted by molar-refractivity contribution is 0.0833. The number of thioether (sulfide) groups is 1. The van der Waals surface area contributed by atoms with Crippen LogP contribution in [0.25, 0.3) is 0 Å². The Kier molecular flexibility index (Phi) is 5.54. The highest BCUT2D eigenvalue weighted by atomic mass is 32.2. The highest BCUT2D eigenvalue weighted by Crippen LogP contribution is 2.31. The number of benzene rings is 1. The number of nitrogens with one attached hydrogen (secondary N) is 1. The summed E-state index contributed by atoms with van der Waals surface area (Å²) in [5, 5.41) is 4.19. The molecule has 0 aromatic heterocycles. The molecule has 100 valence electrons. The molecule has 1 heterocycles. The molecule has 0 bridgehead atoms. The summed E-state index contributed by atoms with van der Waals surface area (Å²) < 4.78 is 5.64. The minimum atomic E-state index is 0.534. The summed E-state index contributed by atoms with van der Waals surface area (Å²) in [5.41, 5.74) is 1.36. The van der Waals surface area contributed by atoms with E-state index in [1.54, 1.807) is 0 Å². The molecular weight excluding hydrogens is 242 g/mol. The number of rotatable bonds is 5. The number of hydrogen-bond acceptors (Lipinski definition) is 3. The van der Waals surface area contributed by atoms with E-state index in [4.69, 9.17) is 4.74 Å². The molecule has 1 aromatic rings. The average molecular weight is 265 g/mol. The Labute approximate surface area is 114 Å². The van der Waals surface area contributed by atoms with Gasteiger partial charge in [0, 0.05) is 22.8 Å². The summed E-state index contributed by atoms with van der Waals surface area (Å²) in [4.78, 5) is 1.39. The highest BCUT2D eigenvalue weighted by molar-refractivity contribution is 8.00. The van der Waals surface area contributed by atoms with Crippen LogP contribution in [0.5, 0.6) is 0 Å². The van der Waals surface area contributed by atoms with Crippen molar-refractivity contribution < 1.29 is 4.74 Å². The average Bonchev–Trinajstić information content (AvgIpc) is 2.40. The Hall–Kier alpha value is -0.510. The Bertz CT molecular complexity index is 369. The molecule has 1 saturated heterocycles. The van der Waals surface area contributed by atoms with E-state index >= 15 is 0 Å². The first kappa shape index (κ1) is 13.9. The van der Waals surface area contributed by atoms with Crippen molar-refractivity contribution in [3.63, 3.8) is 0 Å². The summed E-state index contributed by atoms with van der Waals surface area (Å²) in [6.07, 6.45) is 2.32. The minimum Gasteiger partial charge on any atom is -0.380 e. The Morgan fingerprint density at radius 2 is 2.22 bits per heavy atom. The van der Waals surface area contributed by atoms with Crippen LogP contribution in [0, 0.1) is 6.92 Å². The number of aryl methyl sites for hydroxylation is 1. The van der Waals surface area contributed by atoms with Crippen LogP contribution < -0.4 is 5.32 Å². The molecule has 0 amide bonds. The molecule has 1 aromatic carbocycles. The molecule has 0 spiro atoms. The maximum absolute atomic E-state index is 5.64. The van der Waals surface area contributed by atoms with Crippen molar-refractivity contribution in [1.29, 1.82) is 0 Å². The molecule has 3 heteroatoms. The number of ether oxygens (including phenoxy) is 1. The van der Waals surface area contributed by atoms with Crippen molar-refractivity contribution in [2.45, 2.75) is 42.9 Å². The fourth-order valence-electron chi connectivity index (χ4n) is 2.24. The predicted octanol–water partition coefficient (Wildman–Crippen LogP) is 3.24. The molecule has 2 unspecified atom stereocenters. The third-order valence-corrected chi connectivity index (χ3v) is 4.81. The second-order valence-corrected chi connectivity index (χ2v) is 6.13. The molecular formula is C15H23NOS. The van der Waals surface area contributed by atoms with Gasteiger partial charge < -0.3 is 10.1 Å². The van der Waals surface area contributed by atoms with Crippen LogP contribution in [-0.4, -0.2) is 31.1 Å². The van der Waals surface area contributed by atoms with Gasteiger partial charge in [0.2, 0.25) is 0 Å². The van der Waals surface area contributed by atoms with Crippen molar-refractivity contribution in [2.75, 3.05) is 19.8 Å². The first-order valence-corrected chi connectivity index (χ1v) is 7.72. The monoisotopic (exact) mass is 265 g/mol. The summed E-state index contributed by atoms with van der Waals surface area (Å²) in [6.45, 7) is 7.26. The molecule has 1 N–H and O–H groups in total. The fraction of sp³-hybridized carbons (Fsp3) is 0.600. The van der Waals surface area contributed by atoms with Crippen LogP contribution in [0.2, 0.25) is 0 Å². The molecule has 2 nitrogen and oxygen atoms in total. The van der Waals surface area contributed by atoms with E-state index in [9.17, 15) is 0 Å². The van der Waals surface area contributed by atoms with Gasteiger partial charge in [0.15, 0.2) is 0 Å². The Morgan fingerprint density at radius 1 is 1.39 bits per heavy atom. The lowest BCUT2D eigenvalue weighted by Gasteiger charge is -2.32. The van der Waals surface area contributed by atoms with Crippen molar-refractivity contribution in [2.24, 2.45) is 0 Å². The van der Waals surface area contributed by atoms with Crippen LogP contribution in [0.1, 0.15) is 25.3 Å². The van der Waals surface area contributed by atoms with Gasteiger partial charge in [-0.3, -0.25) is 0 Å². The zero-order valence-electron chi connectivity index (χ0n) is 11.3. The van der Waals surface area contributed by atoms with Crippen LogP contribution in [0.3, 0.4) is 0 Å². The van der Waals surface area contributed by atoms with Gasteiger partial charge in [-0.05, 0) is 37.9 Å². The van der Waals surface area contributed by atoms with Crippen molar-refractivity contribution >= 4 is 11.8 Å². The molecule has 0 radical (unpaired) electrons. The Balaban J connectivity index is 1.98. The summed E-state index contributed by atoms with van der Waals surface area (Å²) in [6, 6.07) is 9.20. The lowest BCUT2D eigenvalue weighted by Crippen LogP contribution is -2.45. The molecule has 1 aliphatic rings. The van der Waals surface area contributed by atoms with E-state index in [-0.39, 0.29) is 0 Å². The predicted molar refractivity (Wildman–Crippen MR) is 78.3 cm³/mol. The smallest absolute Gasteiger partial charge is 0.0603 e. The van der Waals surface area contributed by atoms with Crippen molar-refractivity contribution in [3.05, 3.63) is 29.8 Å². The van der Waals surface area contributed by atoms with Gasteiger partial charge >= 0.3 is 0 Å². The van der Waals surface area contributed by atoms with Crippen LogP contribution >= 0.6 is 11.8 Å². The summed E-state index contributed by atoms with van der Waals surface area (Å²) >= 11 is 1.96. The zero-order chi connectivity index (χ0) is 12.8. The third kappa shape index (κ3) is 3.74. The molecule has 0 saturated carbocycles. The van der Waals surface area contributed by atoms with Crippen LogP contribution in [0.15, 0.2) is 29.2 Å². The molecule has 1 fully saturated rings. The fourth-order valence-corrected chi connectivity index (χ4v) is 3.54. The van der Waals surface area contributed by atoms with Gasteiger partial charge in [-0.2, -0.15) is 0 Å². The maximum Gasteiger partial charge on any atom is 0.0603 e. The molecule has 2 atom stereocenters. The van der Waals surface area contributed by atoms with Crippen molar-refractivity contribution in [3.8, 4) is 0 Å². The maximum atomic E-state index is 5.64. The topological polar surface area (TPSA) is 21.3 Å². The first-order valence-electron chi connectivity index (χ1n) is 6.84. The van der Waals surface area contributed by atoms with Crippen LogP contribution in [-0.2, 0) is 4.74 Å². The van der Waals surface area contributed by atoms with E-state index in [2.05, 4.69) is 43.4 Å². The summed E-state index contributed by atoms with van der Waals surface area (Å²) in [5.74, 6) is 0. The lowest BCUT2D eigenvalue weighted by atomic mass is 10.1. The van der Waals surface area contributed by atoms with E-state index < -0.39 is 0 Å². The highest BCUT2D eigenvalue weighted by Gasteiger charge is 2.26. The standard InChI is InChI=1S/C15H23NOS/c1-3-9-16-13-8-10-17-11-15(13)18-14-7-5-4-6-12(14)2/h4-7,13,15-16H,3,8-11H2,1-2H3. The molecule has 1 aliphatic heterocycles. The SMILES string of the molecule is CCCNC1CCOCC1Sc1ccccc1C.